The van der Waals surface area contributed by atoms with Crippen LogP contribution in [0.3, 0.4) is 0 Å². The highest BCUT2D eigenvalue weighted by atomic mass is 16.6. The Morgan fingerprint density at radius 3 is 2.30 bits per heavy atom. The standard InChI is InChI=1S/C27H30N2O4/c1-3-24(21-11-9-20(10-12-21)22-13-14-25(31)28(2)19-22)29-17-15-27(16-18-30,33-26(29)32)23-7-5-4-6-8-23/h4-14,19,24,30H,3,15-18H2,1-2H3. The molecule has 1 amide bonds. The van der Waals surface area contributed by atoms with Crippen LogP contribution in [0.15, 0.2) is 77.7 Å². The van der Waals surface area contributed by atoms with Crippen molar-refractivity contribution in [1.82, 2.24) is 9.47 Å². The molecule has 0 bridgehead atoms. The average Bonchev–Trinajstić information content (AvgIpc) is 2.84. The van der Waals surface area contributed by atoms with Crippen LogP contribution in [0.5, 0.6) is 0 Å². The van der Waals surface area contributed by atoms with Crippen LogP contribution in [0.4, 0.5) is 4.79 Å². The summed E-state index contributed by atoms with van der Waals surface area (Å²) in [6, 6.07) is 21.1. The maximum Gasteiger partial charge on any atom is 0.411 e. The molecule has 3 aromatic rings. The second-order valence-electron chi connectivity index (χ2n) is 8.56. The summed E-state index contributed by atoms with van der Waals surface area (Å²) >= 11 is 0. The smallest absolute Gasteiger partial charge is 0.411 e. The Hall–Kier alpha value is -3.38. The zero-order valence-corrected chi connectivity index (χ0v) is 19.1. The Morgan fingerprint density at radius 2 is 1.70 bits per heavy atom. The highest BCUT2D eigenvalue weighted by molar-refractivity contribution is 5.70. The van der Waals surface area contributed by atoms with E-state index in [1.807, 2.05) is 66.9 Å². The molecule has 0 aliphatic carbocycles. The number of carbonyl (C=O) groups excluding carboxylic acids is 1. The van der Waals surface area contributed by atoms with E-state index < -0.39 is 5.60 Å². The Morgan fingerprint density at radius 1 is 1.00 bits per heavy atom. The van der Waals surface area contributed by atoms with Crippen LogP contribution >= 0.6 is 0 Å². The Kier molecular flexibility index (Phi) is 6.65. The summed E-state index contributed by atoms with van der Waals surface area (Å²) in [5.41, 5.74) is 3.09. The van der Waals surface area contributed by atoms with Gasteiger partial charge in [0.25, 0.3) is 0 Å². The molecule has 6 heteroatoms. The van der Waals surface area contributed by atoms with E-state index in [1.165, 1.54) is 0 Å². The van der Waals surface area contributed by atoms with Crippen LogP contribution in [-0.4, -0.2) is 33.8 Å². The van der Waals surface area contributed by atoms with Gasteiger partial charge in [0.1, 0.15) is 5.60 Å². The van der Waals surface area contributed by atoms with Gasteiger partial charge in [-0.05, 0) is 34.7 Å². The SMILES string of the molecule is CCC(c1ccc(-c2ccc(=O)n(C)c2)cc1)N1CCC(CCO)(c2ccccc2)OC1=O. The van der Waals surface area contributed by atoms with E-state index >= 15 is 0 Å². The maximum absolute atomic E-state index is 13.2. The van der Waals surface area contributed by atoms with E-state index in [9.17, 15) is 14.7 Å². The lowest BCUT2D eigenvalue weighted by molar-refractivity contribution is -0.0734. The molecule has 2 atom stereocenters. The third kappa shape index (κ3) is 4.57. The summed E-state index contributed by atoms with van der Waals surface area (Å²) < 4.78 is 7.59. The molecule has 1 aromatic heterocycles. The van der Waals surface area contributed by atoms with Crippen molar-refractivity contribution in [2.75, 3.05) is 13.2 Å². The van der Waals surface area contributed by atoms with Crippen LogP contribution < -0.4 is 5.56 Å². The molecule has 1 saturated heterocycles. The van der Waals surface area contributed by atoms with Gasteiger partial charge in [0, 0.05) is 45.3 Å². The van der Waals surface area contributed by atoms with Gasteiger partial charge in [0.15, 0.2) is 0 Å². The molecule has 2 heterocycles. The van der Waals surface area contributed by atoms with Gasteiger partial charge in [0.05, 0.1) is 6.04 Å². The van der Waals surface area contributed by atoms with E-state index in [0.717, 1.165) is 28.7 Å². The molecule has 0 radical (unpaired) electrons. The second kappa shape index (κ2) is 9.63. The summed E-state index contributed by atoms with van der Waals surface area (Å²) in [4.78, 5) is 26.6. The van der Waals surface area contributed by atoms with Gasteiger partial charge in [-0.15, -0.1) is 0 Å². The molecule has 0 saturated carbocycles. The van der Waals surface area contributed by atoms with Crippen LogP contribution in [0.25, 0.3) is 11.1 Å². The second-order valence-corrected chi connectivity index (χ2v) is 8.56. The molecular formula is C27H30N2O4. The largest absolute Gasteiger partial charge is 0.438 e. The van der Waals surface area contributed by atoms with Crippen molar-refractivity contribution in [2.45, 2.75) is 37.8 Å². The van der Waals surface area contributed by atoms with Crippen molar-refractivity contribution in [3.05, 3.63) is 94.4 Å². The van der Waals surface area contributed by atoms with Gasteiger partial charge >= 0.3 is 6.09 Å². The molecule has 33 heavy (non-hydrogen) atoms. The molecule has 6 nitrogen and oxygen atoms in total. The number of ether oxygens (including phenoxy) is 1. The quantitative estimate of drug-likeness (QED) is 0.575. The normalized spacial score (nSPS) is 19.2. The number of cyclic esters (lactones) is 1. The van der Waals surface area contributed by atoms with Crippen molar-refractivity contribution in [2.24, 2.45) is 7.05 Å². The van der Waals surface area contributed by atoms with Gasteiger partial charge in [0.2, 0.25) is 5.56 Å². The summed E-state index contributed by atoms with van der Waals surface area (Å²) in [7, 11) is 1.74. The van der Waals surface area contributed by atoms with Crippen molar-refractivity contribution in [1.29, 1.82) is 0 Å². The fraction of sp³-hybridized carbons (Fsp3) is 0.333. The van der Waals surface area contributed by atoms with Crippen molar-refractivity contribution >= 4 is 6.09 Å². The number of aromatic nitrogens is 1. The highest BCUT2D eigenvalue weighted by Crippen LogP contribution is 2.40. The Balaban J connectivity index is 1.55. The number of hydrogen-bond donors (Lipinski definition) is 1. The number of aliphatic hydroxyl groups excluding tert-OH is 1. The molecular weight excluding hydrogens is 416 g/mol. The van der Waals surface area contributed by atoms with E-state index in [2.05, 4.69) is 6.92 Å². The van der Waals surface area contributed by atoms with E-state index in [1.54, 1.807) is 22.6 Å². The summed E-state index contributed by atoms with van der Waals surface area (Å²) in [6.07, 6.45) is 3.22. The maximum atomic E-state index is 13.2. The Labute approximate surface area is 194 Å². The zero-order valence-electron chi connectivity index (χ0n) is 19.1. The van der Waals surface area contributed by atoms with E-state index in [-0.39, 0.29) is 24.3 Å². The predicted molar refractivity (Wildman–Crippen MR) is 128 cm³/mol. The first-order valence-corrected chi connectivity index (χ1v) is 11.4. The number of aryl methyl sites for hydroxylation is 1. The third-order valence-electron chi connectivity index (χ3n) is 6.57. The molecule has 1 aliphatic rings. The van der Waals surface area contributed by atoms with Crippen LogP contribution in [0.1, 0.15) is 43.4 Å². The topological polar surface area (TPSA) is 71.8 Å². The monoisotopic (exact) mass is 446 g/mol. The minimum absolute atomic E-state index is 0.0437. The number of nitrogens with zero attached hydrogens (tertiary/aromatic N) is 2. The van der Waals surface area contributed by atoms with Gasteiger partial charge in [-0.3, -0.25) is 4.79 Å². The average molecular weight is 447 g/mol. The van der Waals surface area contributed by atoms with Crippen LogP contribution in [0.2, 0.25) is 0 Å². The molecule has 2 unspecified atom stereocenters. The van der Waals surface area contributed by atoms with Gasteiger partial charge in [-0.25, -0.2) is 4.79 Å². The minimum Gasteiger partial charge on any atom is -0.438 e. The van der Waals surface area contributed by atoms with Crippen molar-refractivity contribution < 1.29 is 14.6 Å². The van der Waals surface area contributed by atoms with Crippen molar-refractivity contribution in [3.8, 4) is 11.1 Å². The molecule has 1 N–H and O–H groups in total. The fourth-order valence-corrected chi connectivity index (χ4v) is 4.70. The number of amides is 1. The lowest BCUT2D eigenvalue weighted by Gasteiger charge is -2.44. The number of pyridine rings is 1. The van der Waals surface area contributed by atoms with E-state index in [0.29, 0.717) is 19.4 Å². The third-order valence-corrected chi connectivity index (χ3v) is 6.57. The van der Waals surface area contributed by atoms with Gasteiger partial charge in [-0.2, -0.15) is 0 Å². The molecule has 172 valence electrons. The number of benzene rings is 2. The number of carbonyl (C=O) groups is 1. The van der Waals surface area contributed by atoms with E-state index in [4.69, 9.17) is 4.74 Å². The fourth-order valence-electron chi connectivity index (χ4n) is 4.70. The number of rotatable bonds is 7. The molecule has 1 aliphatic heterocycles. The minimum atomic E-state index is -0.797. The van der Waals surface area contributed by atoms with Gasteiger partial charge in [-0.1, -0.05) is 61.5 Å². The molecule has 2 aromatic carbocycles. The number of hydrogen-bond acceptors (Lipinski definition) is 4. The molecule has 1 fully saturated rings. The highest BCUT2D eigenvalue weighted by Gasteiger charge is 2.43. The number of aliphatic hydroxyl groups is 1. The predicted octanol–water partition coefficient (Wildman–Crippen LogP) is 4.62. The van der Waals surface area contributed by atoms with Crippen LogP contribution in [-0.2, 0) is 17.4 Å². The lowest BCUT2D eigenvalue weighted by atomic mass is 9.85. The summed E-state index contributed by atoms with van der Waals surface area (Å²) in [6.45, 7) is 2.56. The van der Waals surface area contributed by atoms with Gasteiger partial charge < -0.3 is 19.3 Å². The zero-order chi connectivity index (χ0) is 23.4. The Bertz CT molecular complexity index is 1160. The first-order chi connectivity index (χ1) is 16.0. The molecule has 4 rings (SSSR count). The molecule has 0 spiro atoms. The van der Waals surface area contributed by atoms with Crippen molar-refractivity contribution in [3.63, 3.8) is 0 Å². The first kappa shape index (κ1) is 22.8. The first-order valence-electron chi connectivity index (χ1n) is 11.4. The summed E-state index contributed by atoms with van der Waals surface area (Å²) in [5.74, 6) is 0. The summed E-state index contributed by atoms with van der Waals surface area (Å²) in [5, 5.41) is 9.66. The van der Waals surface area contributed by atoms with Crippen LogP contribution in [0, 0.1) is 0 Å². The lowest BCUT2D eigenvalue weighted by Crippen LogP contribution is -2.49.